The molecule has 1 unspecified atom stereocenters. The van der Waals surface area contributed by atoms with Gasteiger partial charge in [0.2, 0.25) is 0 Å². The molecule has 0 bridgehead atoms. The molecular formula is C8H16N2OS. The monoisotopic (exact) mass is 188 g/mol. The zero-order valence-corrected chi connectivity index (χ0v) is 8.49. The van der Waals surface area contributed by atoms with E-state index in [0.717, 1.165) is 24.6 Å². The summed E-state index contributed by atoms with van der Waals surface area (Å²) in [5, 5.41) is 3.81. The van der Waals surface area contributed by atoms with Gasteiger partial charge in [-0.15, -0.1) is 0 Å². The van der Waals surface area contributed by atoms with E-state index in [1.54, 1.807) is 7.11 Å². The molecule has 1 N–H and O–H groups in total. The first-order valence-electron chi connectivity index (χ1n) is 4.27. The zero-order chi connectivity index (χ0) is 8.97. The summed E-state index contributed by atoms with van der Waals surface area (Å²) >= 11 is 5.14. The molecule has 70 valence electrons. The van der Waals surface area contributed by atoms with Gasteiger partial charge in [0.1, 0.15) is 0 Å². The molecule has 12 heavy (non-hydrogen) atoms. The Morgan fingerprint density at radius 1 is 1.67 bits per heavy atom. The molecule has 1 fully saturated rings. The third kappa shape index (κ3) is 2.32. The number of ether oxygens (including phenoxy) is 1. The van der Waals surface area contributed by atoms with E-state index in [2.05, 4.69) is 10.2 Å². The number of rotatable bonds is 1. The Morgan fingerprint density at radius 2 is 2.42 bits per heavy atom. The minimum atomic E-state index is 0.352. The van der Waals surface area contributed by atoms with Crippen molar-refractivity contribution >= 4 is 17.3 Å². The van der Waals surface area contributed by atoms with Gasteiger partial charge in [-0.2, -0.15) is 0 Å². The fourth-order valence-corrected chi connectivity index (χ4v) is 1.64. The molecule has 0 aromatic heterocycles. The van der Waals surface area contributed by atoms with Crippen molar-refractivity contribution in [2.45, 2.75) is 18.9 Å². The zero-order valence-electron chi connectivity index (χ0n) is 7.67. The van der Waals surface area contributed by atoms with E-state index in [9.17, 15) is 0 Å². The van der Waals surface area contributed by atoms with E-state index in [0.29, 0.717) is 6.10 Å². The van der Waals surface area contributed by atoms with Crippen molar-refractivity contribution in [3.05, 3.63) is 0 Å². The summed E-state index contributed by atoms with van der Waals surface area (Å²) in [7, 11) is 3.62. The van der Waals surface area contributed by atoms with Crippen LogP contribution in [0.1, 0.15) is 12.8 Å². The second kappa shape index (κ2) is 4.62. The number of methoxy groups -OCH3 is 1. The first kappa shape index (κ1) is 9.74. The van der Waals surface area contributed by atoms with Gasteiger partial charge >= 0.3 is 0 Å². The molecule has 0 saturated carbocycles. The molecule has 4 heteroatoms. The van der Waals surface area contributed by atoms with Gasteiger partial charge in [0.15, 0.2) is 5.11 Å². The average molecular weight is 188 g/mol. The fourth-order valence-electron chi connectivity index (χ4n) is 1.47. The average Bonchev–Trinajstić information content (AvgIpc) is 2.17. The van der Waals surface area contributed by atoms with E-state index in [1.807, 2.05) is 7.05 Å². The van der Waals surface area contributed by atoms with Gasteiger partial charge in [-0.05, 0) is 25.1 Å². The van der Waals surface area contributed by atoms with Crippen LogP contribution >= 0.6 is 12.2 Å². The standard InChI is InChI=1S/C8H16N2OS/c1-9-8(12)10-5-3-4-7(6-10)11-2/h7H,3-6H2,1-2H3,(H,9,12). The molecule has 1 rings (SSSR count). The number of thiocarbonyl (C=S) groups is 1. The van der Waals surface area contributed by atoms with Crippen molar-refractivity contribution < 1.29 is 4.74 Å². The Morgan fingerprint density at radius 3 is 3.00 bits per heavy atom. The molecule has 1 aliphatic rings. The molecular weight excluding hydrogens is 172 g/mol. The lowest BCUT2D eigenvalue weighted by molar-refractivity contribution is 0.0535. The van der Waals surface area contributed by atoms with Crippen LogP contribution in [0.2, 0.25) is 0 Å². The smallest absolute Gasteiger partial charge is 0.168 e. The van der Waals surface area contributed by atoms with Crippen molar-refractivity contribution in [3.8, 4) is 0 Å². The Balaban J connectivity index is 2.40. The van der Waals surface area contributed by atoms with Crippen LogP contribution in [0.25, 0.3) is 0 Å². The number of nitrogens with one attached hydrogen (secondary N) is 1. The highest BCUT2D eigenvalue weighted by atomic mass is 32.1. The first-order valence-corrected chi connectivity index (χ1v) is 4.68. The number of piperidine rings is 1. The predicted octanol–water partition coefficient (Wildman–Crippen LogP) is 0.601. The summed E-state index contributed by atoms with van der Waals surface area (Å²) in [6.07, 6.45) is 2.67. The molecule has 1 atom stereocenters. The van der Waals surface area contributed by atoms with Gasteiger partial charge in [0, 0.05) is 27.2 Å². The Bertz CT molecular complexity index is 163. The number of likely N-dealkylation sites (tertiary alicyclic amines) is 1. The van der Waals surface area contributed by atoms with Crippen LogP contribution in [-0.2, 0) is 4.74 Å². The Kier molecular flexibility index (Phi) is 3.75. The normalized spacial score (nSPS) is 23.8. The highest BCUT2D eigenvalue weighted by molar-refractivity contribution is 7.80. The third-order valence-electron chi connectivity index (χ3n) is 2.21. The lowest BCUT2D eigenvalue weighted by Crippen LogP contribution is -2.46. The van der Waals surface area contributed by atoms with Gasteiger partial charge in [0.05, 0.1) is 6.10 Å². The van der Waals surface area contributed by atoms with E-state index >= 15 is 0 Å². The van der Waals surface area contributed by atoms with E-state index < -0.39 is 0 Å². The summed E-state index contributed by atoms with van der Waals surface area (Å²) < 4.78 is 5.29. The molecule has 0 aromatic rings. The SMILES string of the molecule is CNC(=S)N1CCCC(OC)C1. The largest absolute Gasteiger partial charge is 0.380 e. The third-order valence-corrected chi connectivity index (χ3v) is 2.67. The highest BCUT2D eigenvalue weighted by Crippen LogP contribution is 2.12. The van der Waals surface area contributed by atoms with E-state index in [4.69, 9.17) is 17.0 Å². The molecule has 3 nitrogen and oxygen atoms in total. The molecule has 0 spiro atoms. The maximum absolute atomic E-state index is 5.29. The van der Waals surface area contributed by atoms with Gasteiger partial charge in [-0.25, -0.2) is 0 Å². The minimum absolute atomic E-state index is 0.352. The molecule has 1 aliphatic heterocycles. The molecule has 0 amide bonds. The summed E-state index contributed by atoms with van der Waals surface area (Å²) in [6, 6.07) is 0. The summed E-state index contributed by atoms with van der Waals surface area (Å²) in [5.41, 5.74) is 0. The lowest BCUT2D eigenvalue weighted by atomic mass is 10.1. The van der Waals surface area contributed by atoms with Crippen LogP contribution in [0.3, 0.4) is 0 Å². The van der Waals surface area contributed by atoms with Gasteiger partial charge in [-0.3, -0.25) is 0 Å². The fraction of sp³-hybridized carbons (Fsp3) is 0.875. The van der Waals surface area contributed by atoms with Crippen LogP contribution in [0, 0.1) is 0 Å². The second-order valence-electron chi connectivity index (χ2n) is 3.00. The van der Waals surface area contributed by atoms with Crippen LogP contribution < -0.4 is 5.32 Å². The van der Waals surface area contributed by atoms with Crippen molar-refractivity contribution in [2.75, 3.05) is 27.2 Å². The maximum atomic E-state index is 5.29. The maximum Gasteiger partial charge on any atom is 0.168 e. The molecule has 0 aromatic carbocycles. The number of nitrogens with zero attached hydrogens (tertiary/aromatic N) is 1. The lowest BCUT2D eigenvalue weighted by Gasteiger charge is -2.33. The minimum Gasteiger partial charge on any atom is -0.380 e. The van der Waals surface area contributed by atoms with Gasteiger partial charge in [0.25, 0.3) is 0 Å². The number of hydrogen-bond donors (Lipinski definition) is 1. The Hall–Kier alpha value is -0.350. The topological polar surface area (TPSA) is 24.5 Å². The molecule has 1 heterocycles. The van der Waals surface area contributed by atoms with Crippen molar-refractivity contribution in [3.63, 3.8) is 0 Å². The molecule has 0 aliphatic carbocycles. The van der Waals surface area contributed by atoms with E-state index in [-0.39, 0.29) is 0 Å². The quantitative estimate of drug-likeness (QED) is 0.609. The first-order chi connectivity index (χ1) is 5.77. The van der Waals surface area contributed by atoms with Crippen molar-refractivity contribution in [1.82, 2.24) is 10.2 Å². The molecule has 1 saturated heterocycles. The summed E-state index contributed by atoms with van der Waals surface area (Å²) in [5.74, 6) is 0. The number of hydrogen-bond acceptors (Lipinski definition) is 2. The van der Waals surface area contributed by atoms with E-state index in [1.165, 1.54) is 6.42 Å². The highest BCUT2D eigenvalue weighted by Gasteiger charge is 2.20. The van der Waals surface area contributed by atoms with Gasteiger partial charge < -0.3 is 15.0 Å². The van der Waals surface area contributed by atoms with Crippen LogP contribution in [0.4, 0.5) is 0 Å². The van der Waals surface area contributed by atoms with Gasteiger partial charge in [-0.1, -0.05) is 0 Å². The van der Waals surface area contributed by atoms with Crippen LogP contribution in [0.15, 0.2) is 0 Å². The Labute approximate surface area is 79.1 Å². The molecule has 0 radical (unpaired) electrons. The summed E-state index contributed by atoms with van der Waals surface area (Å²) in [6.45, 7) is 1.98. The van der Waals surface area contributed by atoms with Crippen LogP contribution in [0.5, 0.6) is 0 Å². The van der Waals surface area contributed by atoms with Crippen molar-refractivity contribution in [2.24, 2.45) is 0 Å². The summed E-state index contributed by atoms with van der Waals surface area (Å²) in [4.78, 5) is 2.16. The van der Waals surface area contributed by atoms with Crippen molar-refractivity contribution in [1.29, 1.82) is 0 Å². The predicted molar refractivity (Wildman–Crippen MR) is 53.3 cm³/mol. The second-order valence-corrected chi connectivity index (χ2v) is 3.39. The van der Waals surface area contributed by atoms with Crippen LogP contribution in [-0.4, -0.2) is 43.4 Å².